The van der Waals surface area contributed by atoms with Crippen LogP contribution in [0.15, 0.2) is 0 Å². The molecule has 98 valence electrons. The van der Waals surface area contributed by atoms with E-state index in [0.717, 1.165) is 15.6 Å². The average molecular weight is 267 g/mol. The summed E-state index contributed by atoms with van der Waals surface area (Å²) in [5.41, 5.74) is 0.996. The molecule has 1 unspecified atom stereocenters. The summed E-state index contributed by atoms with van der Waals surface area (Å²) in [5, 5.41) is 3.59. The maximum Gasteiger partial charge on any atom is 0.245 e. The molecule has 0 aromatic carbocycles. The Morgan fingerprint density at radius 1 is 1.44 bits per heavy atom. The molecule has 0 spiro atoms. The normalized spacial score (nSPS) is 20.2. The molecule has 18 heavy (non-hydrogen) atoms. The van der Waals surface area contributed by atoms with Crippen LogP contribution >= 0.6 is 11.3 Å². The van der Waals surface area contributed by atoms with Crippen molar-refractivity contribution in [1.82, 2.24) is 15.2 Å². The quantitative estimate of drug-likeness (QED) is 0.888. The van der Waals surface area contributed by atoms with Crippen molar-refractivity contribution in [2.45, 2.75) is 39.8 Å². The first-order chi connectivity index (χ1) is 8.51. The number of carbonyl (C=O) groups is 2. The summed E-state index contributed by atoms with van der Waals surface area (Å²) >= 11 is 1.58. The minimum atomic E-state index is -0.381. The first-order valence-corrected chi connectivity index (χ1v) is 6.84. The predicted molar refractivity (Wildman–Crippen MR) is 69.2 cm³/mol. The van der Waals surface area contributed by atoms with Gasteiger partial charge in [-0.2, -0.15) is 0 Å². The van der Waals surface area contributed by atoms with Gasteiger partial charge in [-0.1, -0.05) is 6.92 Å². The van der Waals surface area contributed by atoms with Gasteiger partial charge >= 0.3 is 0 Å². The molecular formula is C12H17N3O2S. The van der Waals surface area contributed by atoms with Crippen LogP contribution in [0.5, 0.6) is 0 Å². The number of thiazole rings is 1. The molecule has 1 aromatic rings. The molecule has 0 aliphatic carbocycles. The molecule has 5 nitrogen and oxygen atoms in total. The highest BCUT2D eigenvalue weighted by Crippen LogP contribution is 2.19. The Labute approximate surface area is 110 Å². The number of aryl methyl sites for hydroxylation is 2. The van der Waals surface area contributed by atoms with Gasteiger partial charge < -0.3 is 10.2 Å². The third kappa shape index (κ3) is 2.53. The van der Waals surface area contributed by atoms with E-state index >= 15 is 0 Å². The molecule has 2 rings (SSSR count). The molecule has 1 N–H and O–H groups in total. The lowest BCUT2D eigenvalue weighted by molar-refractivity contribution is -0.144. The summed E-state index contributed by atoms with van der Waals surface area (Å²) in [7, 11) is 0. The monoisotopic (exact) mass is 267 g/mol. The molecule has 1 aliphatic heterocycles. The van der Waals surface area contributed by atoms with Crippen LogP contribution < -0.4 is 5.32 Å². The summed E-state index contributed by atoms with van der Waals surface area (Å²) in [4.78, 5) is 30.8. The van der Waals surface area contributed by atoms with Crippen molar-refractivity contribution >= 4 is 23.2 Å². The largest absolute Gasteiger partial charge is 0.343 e. The third-order valence-electron chi connectivity index (χ3n) is 3.09. The lowest BCUT2D eigenvalue weighted by Gasteiger charge is -2.31. The molecule has 0 saturated carbocycles. The highest BCUT2D eigenvalue weighted by Gasteiger charge is 2.31. The molecule has 1 aromatic heterocycles. The fourth-order valence-corrected chi connectivity index (χ4v) is 2.90. The van der Waals surface area contributed by atoms with Gasteiger partial charge in [0.1, 0.15) is 17.6 Å². The van der Waals surface area contributed by atoms with Gasteiger partial charge in [-0.25, -0.2) is 4.98 Å². The average Bonchev–Trinajstić information content (AvgIpc) is 2.62. The van der Waals surface area contributed by atoms with Crippen LogP contribution in [0.3, 0.4) is 0 Å². The van der Waals surface area contributed by atoms with E-state index in [0.29, 0.717) is 13.0 Å². The van der Waals surface area contributed by atoms with E-state index in [9.17, 15) is 9.59 Å². The summed E-state index contributed by atoms with van der Waals surface area (Å²) in [6.07, 6.45) is 0.622. The van der Waals surface area contributed by atoms with E-state index in [4.69, 9.17) is 0 Å². The van der Waals surface area contributed by atoms with Crippen LogP contribution in [-0.2, 0) is 16.1 Å². The van der Waals surface area contributed by atoms with Gasteiger partial charge in [0.2, 0.25) is 11.8 Å². The lowest BCUT2D eigenvalue weighted by atomic mass is 10.1. The summed E-state index contributed by atoms with van der Waals surface area (Å²) in [6, 6.07) is -0.381. The highest BCUT2D eigenvalue weighted by atomic mass is 32.1. The van der Waals surface area contributed by atoms with Crippen LogP contribution in [0.4, 0.5) is 0 Å². The third-order valence-corrected chi connectivity index (χ3v) is 4.14. The molecule has 1 fully saturated rings. The Bertz CT molecular complexity index is 464. The fourth-order valence-electron chi connectivity index (χ4n) is 1.95. The number of nitrogens with one attached hydrogen (secondary N) is 1. The van der Waals surface area contributed by atoms with Gasteiger partial charge in [-0.15, -0.1) is 11.3 Å². The van der Waals surface area contributed by atoms with Gasteiger partial charge in [0.15, 0.2) is 0 Å². The number of nitrogens with zero attached hydrogens (tertiary/aromatic N) is 2. The molecule has 6 heteroatoms. The van der Waals surface area contributed by atoms with Crippen molar-refractivity contribution in [3.63, 3.8) is 0 Å². The molecule has 1 aliphatic rings. The zero-order valence-corrected chi connectivity index (χ0v) is 11.6. The second-order valence-electron chi connectivity index (χ2n) is 4.47. The summed E-state index contributed by atoms with van der Waals surface area (Å²) in [5.74, 6) is -0.103. The first-order valence-electron chi connectivity index (χ1n) is 6.02. The number of amides is 2. The van der Waals surface area contributed by atoms with Crippen molar-refractivity contribution < 1.29 is 9.59 Å². The topological polar surface area (TPSA) is 62.3 Å². The van der Waals surface area contributed by atoms with Gasteiger partial charge in [-0.3, -0.25) is 9.59 Å². The van der Waals surface area contributed by atoms with E-state index in [-0.39, 0.29) is 24.4 Å². The Hall–Kier alpha value is -1.43. The van der Waals surface area contributed by atoms with Crippen molar-refractivity contribution in [3.05, 3.63) is 15.6 Å². The molecule has 2 amide bonds. The highest BCUT2D eigenvalue weighted by molar-refractivity contribution is 7.11. The number of rotatable bonds is 3. The minimum absolute atomic E-state index is 0.0115. The Morgan fingerprint density at radius 2 is 2.17 bits per heavy atom. The van der Waals surface area contributed by atoms with E-state index in [2.05, 4.69) is 10.3 Å². The zero-order valence-electron chi connectivity index (χ0n) is 10.8. The number of piperazine rings is 1. The molecule has 2 heterocycles. The lowest BCUT2D eigenvalue weighted by Crippen LogP contribution is -2.57. The van der Waals surface area contributed by atoms with Crippen molar-refractivity contribution in [2.24, 2.45) is 0 Å². The molecule has 1 atom stereocenters. The molecule has 1 saturated heterocycles. The van der Waals surface area contributed by atoms with Crippen molar-refractivity contribution in [1.29, 1.82) is 0 Å². The Morgan fingerprint density at radius 3 is 2.72 bits per heavy atom. The minimum Gasteiger partial charge on any atom is -0.343 e. The second kappa shape index (κ2) is 5.06. The van der Waals surface area contributed by atoms with E-state index in [1.54, 1.807) is 16.2 Å². The SMILES string of the molecule is CCC1NC(=O)CN(Cc2nc(C)c(C)s2)C1=O. The van der Waals surface area contributed by atoms with Crippen molar-refractivity contribution in [3.8, 4) is 0 Å². The molecule has 0 radical (unpaired) electrons. The molecular weight excluding hydrogens is 250 g/mol. The van der Waals surface area contributed by atoms with E-state index in [1.165, 1.54) is 0 Å². The number of carbonyl (C=O) groups excluding carboxylic acids is 2. The van der Waals surface area contributed by atoms with E-state index in [1.807, 2.05) is 20.8 Å². The van der Waals surface area contributed by atoms with Gasteiger partial charge in [0, 0.05) is 4.88 Å². The van der Waals surface area contributed by atoms with E-state index < -0.39 is 0 Å². The van der Waals surface area contributed by atoms with Crippen LogP contribution in [0, 0.1) is 13.8 Å². The maximum absolute atomic E-state index is 12.1. The Kier molecular flexibility index (Phi) is 3.65. The number of aromatic nitrogens is 1. The van der Waals surface area contributed by atoms with Gasteiger partial charge in [-0.05, 0) is 20.3 Å². The van der Waals surface area contributed by atoms with Crippen LogP contribution in [0.25, 0.3) is 0 Å². The number of hydrogen-bond acceptors (Lipinski definition) is 4. The van der Waals surface area contributed by atoms with Gasteiger partial charge in [0.05, 0.1) is 12.2 Å². The smallest absolute Gasteiger partial charge is 0.245 e. The fraction of sp³-hybridized carbons (Fsp3) is 0.583. The summed E-state index contributed by atoms with van der Waals surface area (Å²) in [6.45, 7) is 6.42. The standard InChI is InChI=1S/C12H17N3O2S/c1-4-9-12(17)15(5-10(16)14-9)6-11-13-7(2)8(3)18-11/h9H,4-6H2,1-3H3,(H,14,16). The van der Waals surface area contributed by atoms with Crippen LogP contribution in [-0.4, -0.2) is 34.3 Å². The summed E-state index contributed by atoms with van der Waals surface area (Å²) < 4.78 is 0. The second-order valence-corrected chi connectivity index (χ2v) is 5.76. The Balaban J connectivity index is 2.12. The number of hydrogen-bond donors (Lipinski definition) is 1. The predicted octanol–water partition coefficient (Wildman–Crippen LogP) is 0.997. The zero-order chi connectivity index (χ0) is 13.3. The van der Waals surface area contributed by atoms with Crippen molar-refractivity contribution in [2.75, 3.05) is 6.54 Å². The molecule has 0 bridgehead atoms. The van der Waals surface area contributed by atoms with Gasteiger partial charge in [0.25, 0.3) is 0 Å². The van der Waals surface area contributed by atoms with Crippen LogP contribution in [0.2, 0.25) is 0 Å². The maximum atomic E-state index is 12.1. The van der Waals surface area contributed by atoms with Crippen LogP contribution in [0.1, 0.15) is 28.9 Å². The first kappa shape index (κ1) is 13.0.